The Hall–Kier alpha value is -1.37. The second-order valence-electron chi connectivity index (χ2n) is 4.16. The summed E-state index contributed by atoms with van der Waals surface area (Å²) in [7, 11) is 3.24. The third-order valence-corrected chi connectivity index (χ3v) is 2.68. The molecule has 0 saturated heterocycles. The van der Waals surface area contributed by atoms with Crippen LogP contribution >= 0.6 is 15.9 Å². The zero-order valence-electron chi connectivity index (χ0n) is 10.5. The first-order valence-corrected chi connectivity index (χ1v) is 6.04. The van der Waals surface area contributed by atoms with Crippen LogP contribution < -0.4 is 0 Å². The van der Waals surface area contributed by atoms with Crippen LogP contribution in [0.3, 0.4) is 0 Å². The van der Waals surface area contributed by atoms with E-state index < -0.39 is 23.2 Å². The lowest BCUT2D eigenvalue weighted by Crippen LogP contribution is -2.15. The Balaban J connectivity index is 3.38. The van der Waals surface area contributed by atoms with Crippen molar-refractivity contribution < 1.29 is 18.0 Å². The van der Waals surface area contributed by atoms with Crippen LogP contribution in [-0.4, -0.2) is 31.2 Å². The van der Waals surface area contributed by atoms with Gasteiger partial charge in [0, 0.05) is 18.6 Å². The van der Waals surface area contributed by atoms with Gasteiger partial charge in [-0.2, -0.15) is 18.2 Å². The predicted molar refractivity (Wildman–Crippen MR) is 70.4 cm³/mol. The minimum atomic E-state index is -4.60. The van der Waals surface area contributed by atoms with Gasteiger partial charge in [-0.3, -0.25) is 4.79 Å². The number of aryl methyl sites for hydroxylation is 1. The number of halogens is 4. The average molecular weight is 337 g/mol. The minimum absolute atomic E-state index is 0.225. The van der Waals surface area contributed by atoms with Gasteiger partial charge in [0.2, 0.25) is 0 Å². The fourth-order valence-corrected chi connectivity index (χ4v) is 2.06. The molecule has 0 aliphatic carbocycles. The van der Waals surface area contributed by atoms with Crippen LogP contribution in [0.4, 0.5) is 13.2 Å². The van der Waals surface area contributed by atoms with Crippen LogP contribution in [0, 0.1) is 6.92 Å². The van der Waals surface area contributed by atoms with Crippen LogP contribution in [0.5, 0.6) is 0 Å². The van der Waals surface area contributed by atoms with Crippen molar-refractivity contribution >= 4 is 28.2 Å². The van der Waals surface area contributed by atoms with E-state index in [1.807, 2.05) is 0 Å². The van der Waals surface area contributed by atoms with E-state index in [0.29, 0.717) is 0 Å². The third-order valence-electron chi connectivity index (χ3n) is 2.23. The Bertz CT molecular complexity index is 524. The maximum Gasteiger partial charge on any atom is 0.417 e. The van der Waals surface area contributed by atoms with Gasteiger partial charge in [-0.15, -0.1) is 0 Å². The molecule has 3 nitrogen and oxygen atoms in total. The normalized spacial score (nSPS) is 11.9. The summed E-state index contributed by atoms with van der Waals surface area (Å²) in [6.07, 6.45) is -3.43. The standard InChI is InChI=1S/C12H12BrF3N2O/c1-7-4-8(13)5-9(12(14,15)16)10(7)11(19)17-6-18(2)3/h4-6H,1-3H3. The van der Waals surface area contributed by atoms with Gasteiger partial charge in [0.15, 0.2) is 0 Å². The molecule has 7 heteroatoms. The maximum absolute atomic E-state index is 12.9. The van der Waals surface area contributed by atoms with E-state index in [0.717, 1.165) is 6.07 Å². The number of carbonyl (C=O) groups excluding carboxylic acids is 1. The summed E-state index contributed by atoms with van der Waals surface area (Å²) in [5.74, 6) is -0.911. The van der Waals surface area contributed by atoms with Gasteiger partial charge >= 0.3 is 6.18 Å². The number of hydrogen-bond donors (Lipinski definition) is 0. The van der Waals surface area contributed by atoms with Crippen molar-refractivity contribution in [2.75, 3.05) is 14.1 Å². The van der Waals surface area contributed by atoms with Crippen LogP contribution in [0.25, 0.3) is 0 Å². The fraction of sp³-hybridized carbons (Fsp3) is 0.333. The van der Waals surface area contributed by atoms with Crippen LogP contribution in [0.2, 0.25) is 0 Å². The quantitative estimate of drug-likeness (QED) is 0.611. The maximum atomic E-state index is 12.9. The number of nitrogens with zero attached hydrogens (tertiary/aromatic N) is 2. The lowest BCUT2D eigenvalue weighted by Gasteiger charge is -2.14. The van der Waals surface area contributed by atoms with Crippen LogP contribution in [0.1, 0.15) is 21.5 Å². The summed E-state index contributed by atoms with van der Waals surface area (Å²) in [4.78, 5) is 16.8. The summed E-state index contributed by atoms with van der Waals surface area (Å²) < 4.78 is 39.1. The van der Waals surface area contributed by atoms with Crippen molar-refractivity contribution in [3.05, 3.63) is 33.3 Å². The molecule has 1 rings (SSSR count). The molecule has 1 amide bonds. The van der Waals surface area contributed by atoms with Gasteiger partial charge < -0.3 is 4.90 Å². The summed E-state index contributed by atoms with van der Waals surface area (Å²) in [6, 6.07) is 2.33. The summed E-state index contributed by atoms with van der Waals surface area (Å²) in [5, 5.41) is 0. The van der Waals surface area contributed by atoms with Crippen molar-refractivity contribution in [3.63, 3.8) is 0 Å². The molecule has 0 bridgehead atoms. The van der Waals surface area contributed by atoms with E-state index in [4.69, 9.17) is 0 Å². The molecule has 0 atom stereocenters. The Labute approximate surface area is 117 Å². The Morgan fingerprint density at radius 1 is 1.37 bits per heavy atom. The third kappa shape index (κ3) is 4.05. The number of rotatable bonds is 2. The highest BCUT2D eigenvalue weighted by atomic mass is 79.9. The van der Waals surface area contributed by atoms with Gasteiger partial charge in [0.25, 0.3) is 5.91 Å². The first-order chi connectivity index (χ1) is 8.62. The first-order valence-electron chi connectivity index (χ1n) is 5.25. The molecule has 0 spiro atoms. The lowest BCUT2D eigenvalue weighted by atomic mass is 10.0. The lowest BCUT2D eigenvalue weighted by molar-refractivity contribution is -0.138. The van der Waals surface area contributed by atoms with E-state index in [1.54, 1.807) is 14.1 Å². The molecule has 104 valence electrons. The molecule has 0 aromatic heterocycles. The smallest absolute Gasteiger partial charge is 0.369 e. The highest BCUT2D eigenvalue weighted by molar-refractivity contribution is 9.10. The van der Waals surface area contributed by atoms with Gasteiger partial charge in [-0.1, -0.05) is 15.9 Å². The molecule has 0 heterocycles. The molecular weight excluding hydrogens is 325 g/mol. The largest absolute Gasteiger partial charge is 0.417 e. The number of hydrogen-bond acceptors (Lipinski definition) is 1. The molecule has 0 unspecified atom stereocenters. The first kappa shape index (κ1) is 15.7. The van der Waals surface area contributed by atoms with E-state index in [1.165, 1.54) is 24.2 Å². The Morgan fingerprint density at radius 2 is 1.95 bits per heavy atom. The monoisotopic (exact) mass is 336 g/mol. The van der Waals surface area contributed by atoms with Gasteiger partial charge in [-0.25, -0.2) is 0 Å². The molecule has 0 aliphatic heterocycles. The molecule has 0 aliphatic rings. The zero-order chi connectivity index (χ0) is 14.8. The predicted octanol–water partition coefficient (Wildman–Crippen LogP) is 3.51. The Kier molecular flexibility index (Phi) is 4.73. The van der Waals surface area contributed by atoms with E-state index >= 15 is 0 Å². The number of benzene rings is 1. The molecule has 19 heavy (non-hydrogen) atoms. The second-order valence-corrected chi connectivity index (χ2v) is 5.07. The van der Waals surface area contributed by atoms with Crippen molar-refractivity contribution in [2.45, 2.75) is 13.1 Å². The molecular formula is C12H12BrF3N2O. The number of alkyl halides is 3. The summed E-state index contributed by atoms with van der Waals surface area (Å²) in [6.45, 7) is 1.44. The SMILES string of the molecule is Cc1cc(Br)cc(C(F)(F)F)c1C(=O)N=CN(C)C. The minimum Gasteiger partial charge on any atom is -0.369 e. The number of aliphatic imine (C=N–C) groups is 1. The van der Waals surface area contributed by atoms with E-state index in [2.05, 4.69) is 20.9 Å². The Morgan fingerprint density at radius 3 is 2.42 bits per heavy atom. The number of carbonyl (C=O) groups is 1. The number of amides is 1. The van der Waals surface area contributed by atoms with Crippen LogP contribution in [0.15, 0.2) is 21.6 Å². The van der Waals surface area contributed by atoms with Gasteiger partial charge in [0.1, 0.15) is 0 Å². The van der Waals surface area contributed by atoms with Crippen molar-refractivity contribution in [3.8, 4) is 0 Å². The molecule has 1 aromatic rings. The van der Waals surface area contributed by atoms with Crippen molar-refractivity contribution in [2.24, 2.45) is 4.99 Å². The molecule has 0 N–H and O–H groups in total. The van der Waals surface area contributed by atoms with E-state index in [9.17, 15) is 18.0 Å². The van der Waals surface area contributed by atoms with Gasteiger partial charge in [-0.05, 0) is 24.6 Å². The zero-order valence-corrected chi connectivity index (χ0v) is 12.1. The average Bonchev–Trinajstić information content (AvgIpc) is 2.23. The van der Waals surface area contributed by atoms with Crippen LogP contribution in [-0.2, 0) is 6.18 Å². The molecule has 1 aromatic carbocycles. The van der Waals surface area contributed by atoms with Gasteiger partial charge in [0.05, 0.1) is 17.5 Å². The summed E-state index contributed by atoms with van der Waals surface area (Å²) >= 11 is 2.99. The second kappa shape index (κ2) is 5.73. The highest BCUT2D eigenvalue weighted by Crippen LogP contribution is 2.35. The van der Waals surface area contributed by atoms with E-state index in [-0.39, 0.29) is 10.0 Å². The fourth-order valence-electron chi connectivity index (χ4n) is 1.48. The molecule has 0 radical (unpaired) electrons. The molecule has 0 fully saturated rings. The highest BCUT2D eigenvalue weighted by Gasteiger charge is 2.36. The van der Waals surface area contributed by atoms with Crippen molar-refractivity contribution in [1.29, 1.82) is 0 Å². The topological polar surface area (TPSA) is 32.7 Å². The molecule has 0 saturated carbocycles. The van der Waals surface area contributed by atoms with Crippen molar-refractivity contribution in [1.82, 2.24) is 4.90 Å². The summed E-state index contributed by atoms with van der Waals surface area (Å²) in [5.41, 5.74) is -1.18.